The maximum atomic E-state index is 14.3. The number of likely N-dealkylation sites (tertiary alicyclic amines) is 2. The van der Waals surface area contributed by atoms with Gasteiger partial charge in [0.2, 0.25) is 5.88 Å². The number of amides is 1. The summed E-state index contributed by atoms with van der Waals surface area (Å²) in [6.45, 7) is 14.9. The number of carbonyl (C=O) groups excluding carboxylic acids is 1. The van der Waals surface area contributed by atoms with Crippen molar-refractivity contribution in [3.8, 4) is 5.88 Å². The van der Waals surface area contributed by atoms with Crippen molar-refractivity contribution in [3.05, 3.63) is 23.9 Å². The maximum Gasteiger partial charge on any atom is 0.410 e. The van der Waals surface area contributed by atoms with Gasteiger partial charge in [0.05, 0.1) is 24.5 Å². The second-order valence-corrected chi connectivity index (χ2v) is 12.3. The number of piperidine rings is 1. The predicted octanol–water partition coefficient (Wildman–Crippen LogP) is 3.76. The molecular formula is C27H42FN3O5. The number of aliphatic hydroxyl groups excluding tert-OH is 1. The summed E-state index contributed by atoms with van der Waals surface area (Å²) in [6, 6.07) is 5.07. The fourth-order valence-electron chi connectivity index (χ4n) is 5.39. The molecule has 0 radical (unpaired) electrons. The van der Waals surface area contributed by atoms with Crippen molar-refractivity contribution in [2.24, 2.45) is 11.3 Å². The fraction of sp³-hybridized carbons (Fsp3) is 0.778. The third kappa shape index (κ3) is 6.29. The van der Waals surface area contributed by atoms with E-state index in [0.29, 0.717) is 24.7 Å². The average molecular weight is 508 g/mol. The highest BCUT2D eigenvalue weighted by molar-refractivity contribution is 5.68. The van der Waals surface area contributed by atoms with Crippen LogP contribution in [0, 0.1) is 11.3 Å². The number of hydrogen-bond acceptors (Lipinski definition) is 7. The minimum Gasteiger partial charge on any atom is -0.471 e. The number of aliphatic hydroxyl groups is 1. The first-order valence-electron chi connectivity index (χ1n) is 13.1. The molecule has 1 N–H and O–H groups in total. The molecule has 1 amide bonds. The maximum absolute atomic E-state index is 14.3. The summed E-state index contributed by atoms with van der Waals surface area (Å²) in [5.41, 5.74) is -1.49. The van der Waals surface area contributed by atoms with Gasteiger partial charge in [-0.1, -0.05) is 13.0 Å². The molecule has 8 nitrogen and oxygen atoms in total. The molecule has 3 fully saturated rings. The van der Waals surface area contributed by atoms with Gasteiger partial charge in [-0.25, -0.2) is 14.2 Å². The van der Waals surface area contributed by atoms with Crippen molar-refractivity contribution in [1.29, 1.82) is 0 Å². The fourth-order valence-corrected chi connectivity index (χ4v) is 5.39. The molecule has 4 heterocycles. The Hall–Kier alpha value is -1.97. The van der Waals surface area contributed by atoms with Crippen molar-refractivity contribution in [1.82, 2.24) is 14.8 Å². The second kappa shape index (κ2) is 10.1. The summed E-state index contributed by atoms with van der Waals surface area (Å²) >= 11 is 0. The summed E-state index contributed by atoms with van der Waals surface area (Å²) in [5.74, 6) is 0.187. The monoisotopic (exact) mass is 507 g/mol. The third-order valence-corrected chi connectivity index (χ3v) is 7.62. The largest absolute Gasteiger partial charge is 0.471 e. The molecule has 0 aliphatic carbocycles. The number of carbonyl (C=O) groups is 1. The first-order chi connectivity index (χ1) is 16.7. The number of pyridine rings is 1. The lowest BCUT2D eigenvalue weighted by Crippen LogP contribution is -2.64. The number of nitrogens with zero attached hydrogens (tertiary/aromatic N) is 3. The lowest BCUT2D eigenvalue weighted by molar-refractivity contribution is -0.167. The highest BCUT2D eigenvalue weighted by Crippen LogP contribution is 2.41. The Morgan fingerprint density at radius 3 is 2.50 bits per heavy atom. The summed E-state index contributed by atoms with van der Waals surface area (Å²) in [5, 5.41) is 11.0. The molecule has 1 spiro atoms. The van der Waals surface area contributed by atoms with E-state index in [-0.39, 0.29) is 29.6 Å². The van der Waals surface area contributed by atoms with E-state index in [0.717, 1.165) is 39.0 Å². The van der Waals surface area contributed by atoms with Crippen LogP contribution in [0.5, 0.6) is 5.88 Å². The van der Waals surface area contributed by atoms with Gasteiger partial charge in [-0.3, -0.25) is 4.90 Å². The van der Waals surface area contributed by atoms with Crippen LogP contribution in [0.25, 0.3) is 0 Å². The number of halogens is 1. The number of aromatic nitrogens is 1. The van der Waals surface area contributed by atoms with Crippen molar-refractivity contribution in [2.75, 3.05) is 39.3 Å². The van der Waals surface area contributed by atoms with E-state index in [1.165, 1.54) is 13.8 Å². The molecule has 202 valence electrons. The van der Waals surface area contributed by atoms with Crippen LogP contribution in [0.15, 0.2) is 18.2 Å². The van der Waals surface area contributed by atoms with E-state index in [4.69, 9.17) is 14.2 Å². The lowest BCUT2D eigenvalue weighted by Gasteiger charge is -2.55. The van der Waals surface area contributed by atoms with Gasteiger partial charge in [0.15, 0.2) is 0 Å². The van der Waals surface area contributed by atoms with E-state index in [1.54, 1.807) is 18.2 Å². The Balaban J connectivity index is 1.23. The Morgan fingerprint density at radius 2 is 1.89 bits per heavy atom. The Kier molecular flexibility index (Phi) is 7.57. The predicted molar refractivity (Wildman–Crippen MR) is 134 cm³/mol. The molecule has 4 atom stereocenters. The molecule has 1 aromatic rings. The van der Waals surface area contributed by atoms with Gasteiger partial charge < -0.3 is 24.2 Å². The normalized spacial score (nSPS) is 29.1. The molecule has 0 bridgehead atoms. The number of alkyl halides is 1. The SMILES string of the molecule is C[C@H]1[C@@H](O)[C@@H](CN2CC3(CCN(C(=O)OC(C)(C)C)CC3)C2)OC[C@@H]1Oc1cccc(C(C)(C)F)n1. The van der Waals surface area contributed by atoms with E-state index in [9.17, 15) is 14.3 Å². The first-order valence-corrected chi connectivity index (χ1v) is 13.1. The molecule has 0 unspecified atom stereocenters. The number of rotatable bonds is 5. The highest BCUT2D eigenvalue weighted by atomic mass is 19.1. The number of ether oxygens (including phenoxy) is 3. The molecule has 36 heavy (non-hydrogen) atoms. The summed E-state index contributed by atoms with van der Waals surface area (Å²) in [6.07, 6.45) is 0.378. The molecule has 3 aliphatic rings. The first kappa shape index (κ1) is 27.1. The third-order valence-electron chi connectivity index (χ3n) is 7.62. The zero-order valence-electron chi connectivity index (χ0n) is 22.5. The van der Waals surface area contributed by atoms with Gasteiger partial charge >= 0.3 is 6.09 Å². The summed E-state index contributed by atoms with van der Waals surface area (Å²) in [4.78, 5) is 20.8. The molecule has 3 saturated heterocycles. The average Bonchev–Trinajstić information content (AvgIpc) is 2.76. The van der Waals surface area contributed by atoms with Crippen LogP contribution < -0.4 is 4.74 Å². The van der Waals surface area contributed by atoms with Crippen molar-refractivity contribution in [3.63, 3.8) is 0 Å². The standard InChI is InChI=1S/C27H42FN3O5/c1-18-20(35-22-9-7-8-21(29-22)26(5,6)28)15-34-19(23(18)32)14-30-16-27(17-30)10-12-31(13-11-27)24(33)36-25(2,3)4/h7-9,18-20,23,32H,10-17H2,1-6H3/t18-,19-,20+,23-/m1/s1. The molecule has 0 aromatic carbocycles. The van der Waals surface area contributed by atoms with Gasteiger partial charge in [0, 0.05) is 44.7 Å². The van der Waals surface area contributed by atoms with E-state index < -0.39 is 17.4 Å². The molecule has 4 rings (SSSR count). The summed E-state index contributed by atoms with van der Waals surface area (Å²) in [7, 11) is 0. The van der Waals surface area contributed by atoms with Gasteiger partial charge in [-0.15, -0.1) is 0 Å². The van der Waals surface area contributed by atoms with Crippen LogP contribution in [-0.4, -0.2) is 89.2 Å². The van der Waals surface area contributed by atoms with Crippen LogP contribution in [-0.2, 0) is 15.1 Å². The zero-order chi connectivity index (χ0) is 26.3. The Labute approximate surface area is 214 Å². The molecule has 0 saturated carbocycles. The van der Waals surface area contributed by atoms with Crippen LogP contribution in [0.3, 0.4) is 0 Å². The van der Waals surface area contributed by atoms with E-state index >= 15 is 0 Å². The van der Waals surface area contributed by atoms with Gasteiger partial charge in [0.1, 0.15) is 17.4 Å². The minimum atomic E-state index is -1.56. The molecule has 9 heteroatoms. The smallest absolute Gasteiger partial charge is 0.410 e. The van der Waals surface area contributed by atoms with Gasteiger partial charge in [0.25, 0.3) is 0 Å². The van der Waals surface area contributed by atoms with E-state index in [1.807, 2.05) is 32.6 Å². The van der Waals surface area contributed by atoms with Crippen LogP contribution in [0.1, 0.15) is 60.1 Å². The Morgan fingerprint density at radius 1 is 1.22 bits per heavy atom. The van der Waals surface area contributed by atoms with Crippen LogP contribution in [0.4, 0.5) is 9.18 Å². The van der Waals surface area contributed by atoms with Crippen molar-refractivity contribution < 1.29 is 28.5 Å². The second-order valence-electron chi connectivity index (χ2n) is 12.3. The number of hydrogen-bond donors (Lipinski definition) is 1. The van der Waals surface area contributed by atoms with Crippen LogP contribution in [0.2, 0.25) is 0 Å². The van der Waals surface area contributed by atoms with Crippen molar-refractivity contribution >= 4 is 6.09 Å². The lowest BCUT2D eigenvalue weighted by atomic mass is 9.71. The summed E-state index contributed by atoms with van der Waals surface area (Å²) < 4.78 is 31.8. The van der Waals surface area contributed by atoms with E-state index in [2.05, 4.69) is 9.88 Å². The highest BCUT2D eigenvalue weighted by Gasteiger charge is 2.48. The van der Waals surface area contributed by atoms with Crippen LogP contribution >= 0.6 is 0 Å². The molecule has 1 aromatic heterocycles. The topological polar surface area (TPSA) is 84.4 Å². The minimum absolute atomic E-state index is 0.153. The molecule has 3 aliphatic heterocycles. The quantitative estimate of drug-likeness (QED) is 0.650. The van der Waals surface area contributed by atoms with Gasteiger partial charge in [-0.05, 0) is 58.9 Å². The molecular weight excluding hydrogens is 465 g/mol. The van der Waals surface area contributed by atoms with Gasteiger partial charge in [-0.2, -0.15) is 0 Å². The van der Waals surface area contributed by atoms with Crippen molar-refractivity contribution in [2.45, 2.75) is 84.0 Å². The Bertz CT molecular complexity index is 915. The zero-order valence-corrected chi connectivity index (χ0v) is 22.5.